The van der Waals surface area contributed by atoms with Gasteiger partial charge in [0.05, 0.1) is 11.9 Å². The summed E-state index contributed by atoms with van der Waals surface area (Å²) in [6, 6.07) is 9.65. The van der Waals surface area contributed by atoms with E-state index in [9.17, 15) is 14.8 Å². The van der Waals surface area contributed by atoms with E-state index in [4.69, 9.17) is 21.4 Å². The summed E-state index contributed by atoms with van der Waals surface area (Å²) < 4.78 is 2.97. The third kappa shape index (κ3) is 7.74. The van der Waals surface area contributed by atoms with E-state index in [1.54, 1.807) is 17.0 Å². The summed E-state index contributed by atoms with van der Waals surface area (Å²) >= 11 is 13.9. The molecule has 9 nitrogen and oxygen atoms in total. The van der Waals surface area contributed by atoms with Crippen LogP contribution in [0, 0.1) is 11.8 Å². The van der Waals surface area contributed by atoms with Crippen LogP contribution in [0.3, 0.4) is 0 Å². The molecular formula is C34H37Br2ClN5O4+. The quantitative estimate of drug-likeness (QED) is 0.139. The molecule has 2 saturated heterocycles. The molecule has 0 radical (unpaired) electrons. The molecule has 242 valence electrons. The van der Waals surface area contributed by atoms with Crippen LogP contribution in [0.1, 0.15) is 66.0 Å². The maximum absolute atomic E-state index is 13.4. The standard InChI is InChI=1S/C34H37Br2ClN5O4/c35-27-16-26-2-1-25-17-28(37)18-29(36)32(25)33(34(26)38-20-27)24-7-11-40(12-8-24)30(43)15-22-3-9-41(10-4-22)31(44)21-46-39-19-23-5-13-42(45)14-6-23/h5-6,13-14,16-20,22,24,33,45H,1-4,7-12,15,21H2/q+1/t33-/m1/s1. The molecule has 12 heteroatoms. The van der Waals surface area contributed by atoms with Crippen molar-refractivity contribution in [2.75, 3.05) is 32.8 Å². The normalized spacial score (nSPS) is 19.1. The molecule has 0 saturated carbocycles. The third-order valence-electron chi connectivity index (χ3n) is 9.52. The molecule has 2 aromatic heterocycles. The van der Waals surface area contributed by atoms with Gasteiger partial charge in [-0.25, -0.2) is 0 Å². The molecule has 1 aliphatic carbocycles. The van der Waals surface area contributed by atoms with Crippen molar-refractivity contribution in [2.24, 2.45) is 17.0 Å². The summed E-state index contributed by atoms with van der Waals surface area (Å²) in [5.41, 5.74) is 5.72. The van der Waals surface area contributed by atoms with E-state index in [0.717, 1.165) is 81.6 Å². The number of carbonyl (C=O) groups excluding carboxylic acids is 2. The van der Waals surface area contributed by atoms with Gasteiger partial charge >= 0.3 is 0 Å². The lowest BCUT2D eigenvalue weighted by atomic mass is 9.76. The summed E-state index contributed by atoms with van der Waals surface area (Å²) in [5.74, 6) is 0.886. The maximum Gasteiger partial charge on any atom is 0.263 e. The van der Waals surface area contributed by atoms with E-state index < -0.39 is 0 Å². The number of rotatable bonds is 7. The molecule has 1 aromatic carbocycles. The van der Waals surface area contributed by atoms with Gasteiger partial charge in [0.2, 0.25) is 18.3 Å². The minimum atomic E-state index is -0.131. The molecule has 2 amide bonds. The molecule has 3 aromatic rings. The molecule has 46 heavy (non-hydrogen) atoms. The Balaban J connectivity index is 1.000. The minimum absolute atomic E-state index is 0.109. The number of likely N-dealkylation sites (tertiary alicyclic amines) is 2. The minimum Gasteiger partial charge on any atom is -0.386 e. The van der Waals surface area contributed by atoms with E-state index in [0.29, 0.717) is 25.4 Å². The van der Waals surface area contributed by atoms with E-state index >= 15 is 0 Å². The number of hydrogen-bond donors (Lipinski definition) is 1. The smallest absolute Gasteiger partial charge is 0.263 e. The molecule has 6 rings (SSSR count). The highest BCUT2D eigenvalue weighted by Gasteiger charge is 2.37. The van der Waals surface area contributed by atoms with Gasteiger partial charge in [-0.05, 0) is 101 Å². The molecule has 2 aliphatic heterocycles. The van der Waals surface area contributed by atoms with Crippen LogP contribution in [0.5, 0.6) is 0 Å². The predicted octanol–water partition coefficient (Wildman–Crippen LogP) is 5.93. The Kier molecular flexibility index (Phi) is 10.6. The van der Waals surface area contributed by atoms with Crippen LogP contribution < -0.4 is 4.73 Å². The zero-order valence-corrected chi connectivity index (χ0v) is 29.4. The first kappa shape index (κ1) is 32.9. The fourth-order valence-corrected chi connectivity index (χ4v) is 8.57. The van der Waals surface area contributed by atoms with Crippen molar-refractivity contribution in [1.82, 2.24) is 14.8 Å². The number of aromatic nitrogens is 2. The molecule has 0 unspecified atom stereocenters. The number of aryl methyl sites for hydroxylation is 2. The number of pyridine rings is 2. The fraction of sp³-hybridized carbons (Fsp3) is 0.441. The van der Waals surface area contributed by atoms with E-state index in [1.165, 1.54) is 35.3 Å². The SMILES string of the molecule is O=C(CON=Cc1cc[n+](O)cc1)N1CCC(CC(=O)N2CCC([C@H]3c4ncc(Br)cc4CCc4cc(Cl)cc(Br)c43)CC2)CC1. The van der Waals surface area contributed by atoms with Gasteiger partial charge < -0.3 is 14.6 Å². The number of benzene rings is 1. The molecule has 1 N–H and O–H groups in total. The summed E-state index contributed by atoms with van der Waals surface area (Å²) in [6.07, 6.45) is 12.2. The van der Waals surface area contributed by atoms with Crippen LogP contribution in [0.4, 0.5) is 0 Å². The molecule has 1 atom stereocenters. The molecule has 4 heterocycles. The predicted molar refractivity (Wildman–Crippen MR) is 181 cm³/mol. The lowest BCUT2D eigenvalue weighted by Crippen LogP contribution is -2.43. The molecule has 3 aliphatic rings. The summed E-state index contributed by atoms with van der Waals surface area (Å²) in [6.45, 7) is 2.58. The van der Waals surface area contributed by atoms with Crippen LogP contribution >= 0.6 is 43.5 Å². The van der Waals surface area contributed by atoms with Crippen molar-refractivity contribution in [2.45, 2.75) is 50.9 Å². The van der Waals surface area contributed by atoms with Gasteiger partial charge in [-0.15, -0.1) is 0 Å². The number of hydrogen-bond acceptors (Lipinski definition) is 6. The van der Waals surface area contributed by atoms with Crippen molar-refractivity contribution >= 4 is 61.5 Å². The van der Waals surface area contributed by atoms with Gasteiger partial charge in [-0.1, -0.05) is 32.7 Å². The average Bonchev–Trinajstić information content (AvgIpc) is 3.21. The van der Waals surface area contributed by atoms with E-state index in [1.807, 2.05) is 17.2 Å². The molecule has 0 bridgehead atoms. The first-order valence-corrected chi connectivity index (χ1v) is 17.7. The largest absolute Gasteiger partial charge is 0.386 e. The monoisotopic (exact) mass is 772 g/mol. The van der Waals surface area contributed by atoms with Crippen molar-refractivity contribution < 1.29 is 24.4 Å². The van der Waals surface area contributed by atoms with Crippen molar-refractivity contribution in [3.05, 3.63) is 90.8 Å². The Hall–Kier alpha value is -3.02. The van der Waals surface area contributed by atoms with Gasteiger partial charge in [0, 0.05) is 81.1 Å². The van der Waals surface area contributed by atoms with Crippen molar-refractivity contribution in [3.63, 3.8) is 0 Å². The third-order valence-corrected chi connectivity index (χ3v) is 10.8. The van der Waals surface area contributed by atoms with Crippen LogP contribution in [-0.2, 0) is 27.3 Å². The highest BCUT2D eigenvalue weighted by atomic mass is 79.9. The second-order valence-corrected chi connectivity index (χ2v) is 14.6. The highest BCUT2D eigenvalue weighted by molar-refractivity contribution is 9.10. The number of nitrogens with zero attached hydrogens (tertiary/aromatic N) is 5. The number of amides is 2. The Morgan fingerprint density at radius 3 is 2.41 bits per heavy atom. The Labute approximate surface area is 290 Å². The van der Waals surface area contributed by atoms with Crippen LogP contribution in [0.25, 0.3) is 0 Å². The number of halogens is 3. The lowest BCUT2D eigenvalue weighted by Gasteiger charge is -2.38. The number of fused-ring (bicyclic) bond motifs is 2. The first-order chi connectivity index (χ1) is 22.2. The lowest BCUT2D eigenvalue weighted by molar-refractivity contribution is -0.904. The topological polar surface area (TPSA) is 99.2 Å². The molecule has 0 spiro atoms. The number of piperidine rings is 2. The van der Waals surface area contributed by atoms with Crippen LogP contribution in [-0.4, -0.2) is 70.8 Å². The Bertz CT molecular complexity index is 1610. The number of carbonyl (C=O) groups is 2. The molecule has 2 fully saturated rings. The van der Waals surface area contributed by atoms with Crippen LogP contribution in [0.15, 0.2) is 63.0 Å². The summed E-state index contributed by atoms with van der Waals surface area (Å²) in [4.78, 5) is 40.0. The zero-order chi connectivity index (χ0) is 32.2. The van der Waals surface area contributed by atoms with E-state index in [2.05, 4.69) is 49.1 Å². The number of oxime groups is 1. The summed E-state index contributed by atoms with van der Waals surface area (Å²) in [7, 11) is 0. The van der Waals surface area contributed by atoms with Crippen molar-refractivity contribution in [1.29, 1.82) is 0 Å². The van der Waals surface area contributed by atoms with Gasteiger partial charge in [-0.2, -0.15) is 0 Å². The maximum atomic E-state index is 13.4. The van der Waals surface area contributed by atoms with Gasteiger partial charge in [0.25, 0.3) is 5.91 Å². The average molecular weight is 775 g/mol. The second kappa shape index (κ2) is 14.8. The van der Waals surface area contributed by atoms with Crippen LogP contribution in [0.2, 0.25) is 5.02 Å². The first-order valence-electron chi connectivity index (χ1n) is 15.8. The van der Waals surface area contributed by atoms with Crippen molar-refractivity contribution in [3.8, 4) is 0 Å². The highest BCUT2D eigenvalue weighted by Crippen LogP contribution is 2.46. The molecular weight excluding hydrogens is 738 g/mol. The van der Waals surface area contributed by atoms with E-state index in [-0.39, 0.29) is 30.3 Å². The Morgan fingerprint density at radius 2 is 1.67 bits per heavy atom. The fourth-order valence-electron chi connectivity index (χ4n) is 7.07. The zero-order valence-electron chi connectivity index (χ0n) is 25.5. The van der Waals surface area contributed by atoms with Gasteiger partial charge in [0.15, 0.2) is 6.61 Å². The van der Waals surface area contributed by atoms with Gasteiger partial charge in [0.1, 0.15) is 0 Å². The second-order valence-electron chi connectivity index (χ2n) is 12.4. The summed E-state index contributed by atoms with van der Waals surface area (Å²) in [5, 5.41) is 13.9. The Morgan fingerprint density at radius 1 is 1.00 bits per heavy atom. The van der Waals surface area contributed by atoms with Gasteiger partial charge in [-0.3, -0.25) is 19.8 Å².